The van der Waals surface area contributed by atoms with Gasteiger partial charge in [0.05, 0.1) is 17.7 Å². The average molecular weight is 414 g/mol. The number of aliphatic hydroxyl groups excluding tert-OH is 1. The molecule has 1 unspecified atom stereocenters. The maximum absolute atomic E-state index is 12.7. The van der Waals surface area contributed by atoms with Gasteiger partial charge in [-0.2, -0.15) is 0 Å². The predicted octanol–water partition coefficient (Wildman–Crippen LogP) is 3.16. The maximum atomic E-state index is 12.7. The lowest BCUT2D eigenvalue weighted by Crippen LogP contribution is -2.28. The lowest BCUT2D eigenvalue weighted by molar-refractivity contribution is 0.0901. The standard InChI is InChI=1S/C21H22N2O5S/c1-14-8-9-15(2)20(11-14)29(26,27)23-17-6-3-5-16(12-17)21(25)22-13-18(24)19-7-4-10-28-19/h3-12,18,23-24H,13H2,1-2H3,(H,22,25). The van der Waals surface area contributed by atoms with Crippen molar-refractivity contribution >= 4 is 21.6 Å². The van der Waals surface area contributed by atoms with E-state index in [1.54, 1.807) is 49.4 Å². The molecule has 0 aliphatic carbocycles. The van der Waals surface area contributed by atoms with E-state index >= 15 is 0 Å². The van der Waals surface area contributed by atoms with Crippen LogP contribution in [-0.4, -0.2) is 26.0 Å². The van der Waals surface area contributed by atoms with Crippen LogP contribution in [0.4, 0.5) is 5.69 Å². The van der Waals surface area contributed by atoms with Crippen molar-refractivity contribution in [3.63, 3.8) is 0 Å². The van der Waals surface area contributed by atoms with E-state index in [9.17, 15) is 18.3 Å². The molecule has 0 spiro atoms. The van der Waals surface area contributed by atoms with Crippen LogP contribution >= 0.6 is 0 Å². The van der Waals surface area contributed by atoms with E-state index in [-0.39, 0.29) is 22.7 Å². The van der Waals surface area contributed by atoms with Crippen LogP contribution < -0.4 is 10.0 Å². The fraction of sp³-hybridized carbons (Fsp3) is 0.190. The molecule has 152 valence electrons. The number of amides is 1. The minimum Gasteiger partial charge on any atom is -0.467 e. The second-order valence-electron chi connectivity index (χ2n) is 6.70. The highest BCUT2D eigenvalue weighted by Gasteiger charge is 2.18. The van der Waals surface area contributed by atoms with Gasteiger partial charge in [0.25, 0.3) is 15.9 Å². The molecule has 0 saturated carbocycles. The molecule has 8 heteroatoms. The van der Waals surface area contributed by atoms with E-state index < -0.39 is 22.0 Å². The second-order valence-corrected chi connectivity index (χ2v) is 8.35. The number of furan rings is 1. The molecular weight excluding hydrogens is 392 g/mol. The van der Waals surface area contributed by atoms with Gasteiger partial charge in [-0.05, 0) is 61.4 Å². The molecule has 29 heavy (non-hydrogen) atoms. The predicted molar refractivity (Wildman–Crippen MR) is 109 cm³/mol. The van der Waals surface area contributed by atoms with E-state index in [4.69, 9.17) is 4.42 Å². The highest BCUT2D eigenvalue weighted by molar-refractivity contribution is 7.92. The van der Waals surface area contributed by atoms with Gasteiger partial charge in [0.2, 0.25) is 0 Å². The van der Waals surface area contributed by atoms with Gasteiger partial charge in [0.1, 0.15) is 11.9 Å². The van der Waals surface area contributed by atoms with Gasteiger partial charge in [-0.25, -0.2) is 8.42 Å². The monoisotopic (exact) mass is 414 g/mol. The summed E-state index contributed by atoms with van der Waals surface area (Å²) in [5.74, 6) is -0.0938. The Morgan fingerprint density at radius 2 is 1.90 bits per heavy atom. The minimum absolute atomic E-state index is 0.0369. The minimum atomic E-state index is -3.80. The summed E-state index contributed by atoms with van der Waals surface area (Å²) in [5, 5.41) is 12.6. The lowest BCUT2D eigenvalue weighted by atomic mass is 10.2. The number of nitrogens with one attached hydrogen (secondary N) is 2. The average Bonchev–Trinajstić information content (AvgIpc) is 3.22. The summed E-state index contributed by atoms with van der Waals surface area (Å²) >= 11 is 0. The third-order valence-electron chi connectivity index (χ3n) is 4.34. The number of sulfonamides is 1. The smallest absolute Gasteiger partial charge is 0.262 e. The molecule has 0 bridgehead atoms. The Morgan fingerprint density at radius 1 is 1.10 bits per heavy atom. The lowest BCUT2D eigenvalue weighted by Gasteiger charge is -2.13. The van der Waals surface area contributed by atoms with E-state index in [0.717, 1.165) is 5.56 Å². The number of rotatable bonds is 7. The van der Waals surface area contributed by atoms with Crippen LogP contribution in [0.25, 0.3) is 0 Å². The van der Waals surface area contributed by atoms with Crippen LogP contribution in [0.2, 0.25) is 0 Å². The molecule has 1 aromatic heterocycles. The van der Waals surface area contributed by atoms with Gasteiger partial charge in [-0.1, -0.05) is 18.2 Å². The molecule has 3 rings (SSSR count). The quantitative estimate of drug-likeness (QED) is 0.550. The summed E-state index contributed by atoms with van der Waals surface area (Å²) in [4.78, 5) is 12.6. The van der Waals surface area contributed by atoms with Crippen LogP contribution in [0.3, 0.4) is 0 Å². The van der Waals surface area contributed by atoms with Gasteiger partial charge >= 0.3 is 0 Å². The zero-order valence-electron chi connectivity index (χ0n) is 16.0. The van der Waals surface area contributed by atoms with E-state index in [1.807, 2.05) is 13.0 Å². The zero-order chi connectivity index (χ0) is 21.0. The second kappa shape index (κ2) is 8.50. The van der Waals surface area contributed by atoms with Gasteiger partial charge in [-0.3, -0.25) is 9.52 Å². The Morgan fingerprint density at radius 3 is 2.62 bits per heavy atom. The highest BCUT2D eigenvalue weighted by Crippen LogP contribution is 2.21. The number of carbonyl (C=O) groups excluding carboxylic acids is 1. The van der Waals surface area contributed by atoms with Crippen molar-refractivity contribution in [1.29, 1.82) is 0 Å². The van der Waals surface area contributed by atoms with Crippen molar-refractivity contribution in [3.05, 3.63) is 83.3 Å². The summed E-state index contributed by atoms with van der Waals surface area (Å²) < 4.78 is 33.1. The number of hydrogen-bond acceptors (Lipinski definition) is 5. The third-order valence-corrected chi connectivity index (χ3v) is 5.86. The molecule has 1 atom stereocenters. The molecule has 1 heterocycles. The van der Waals surface area contributed by atoms with Gasteiger partial charge in [0, 0.05) is 11.3 Å². The summed E-state index contributed by atoms with van der Waals surface area (Å²) in [5.41, 5.74) is 1.99. The van der Waals surface area contributed by atoms with Crippen LogP contribution in [0, 0.1) is 13.8 Å². The molecule has 3 N–H and O–H groups in total. The number of hydrogen-bond donors (Lipinski definition) is 3. The van der Waals surface area contributed by atoms with E-state index in [1.165, 1.54) is 12.3 Å². The molecule has 3 aromatic rings. The Balaban J connectivity index is 1.72. The van der Waals surface area contributed by atoms with E-state index in [0.29, 0.717) is 11.3 Å². The first kappa shape index (κ1) is 20.6. The van der Waals surface area contributed by atoms with Gasteiger partial charge in [0.15, 0.2) is 0 Å². The molecule has 2 aromatic carbocycles. The van der Waals surface area contributed by atoms with Gasteiger partial charge in [-0.15, -0.1) is 0 Å². The molecule has 0 radical (unpaired) electrons. The molecule has 0 aliphatic rings. The summed E-state index contributed by atoms with van der Waals surface area (Å²) in [7, 11) is -3.80. The SMILES string of the molecule is Cc1ccc(C)c(S(=O)(=O)Nc2cccc(C(=O)NCC(O)c3ccco3)c2)c1. The zero-order valence-corrected chi connectivity index (χ0v) is 16.9. The molecule has 0 aliphatic heterocycles. The summed E-state index contributed by atoms with van der Waals surface area (Å²) in [6, 6.07) is 14.6. The van der Waals surface area contributed by atoms with Crippen LogP contribution in [0.5, 0.6) is 0 Å². The highest BCUT2D eigenvalue weighted by atomic mass is 32.2. The third kappa shape index (κ3) is 5.04. The Kier molecular flexibility index (Phi) is 6.05. The Bertz CT molecular complexity index is 1110. The van der Waals surface area contributed by atoms with Crippen molar-refractivity contribution in [2.75, 3.05) is 11.3 Å². The number of benzene rings is 2. The Hall–Kier alpha value is -3.10. The topological polar surface area (TPSA) is 109 Å². The number of aliphatic hydroxyl groups is 1. The molecule has 0 saturated heterocycles. The first-order valence-corrected chi connectivity index (χ1v) is 10.4. The van der Waals surface area contributed by atoms with Crippen LogP contribution in [0.15, 0.2) is 70.2 Å². The maximum Gasteiger partial charge on any atom is 0.262 e. The van der Waals surface area contributed by atoms with Gasteiger partial charge < -0.3 is 14.8 Å². The molecular formula is C21H22N2O5S. The number of aryl methyl sites for hydroxylation is 2. The van der Waals surface area contributed by atoms with Crippen molar-refractivity contribution < 1.29 is 22.7 Å². The Labute approximate surface area is 169 Å². The molecule has 0 fully saturated rings. The van der Waals surface area contributed by atoms with Crippen molar-refractivity contribution in [3.8, 4) is 0 Å². The van der Waals surface area contributed by atoms with E-state index in [2.05, 4.69) is 10.0 Å². The first-order valence-electron chi connectivity index (χ1n) is 8.96. The van der Waals surface area contributed by atoms with Crippen molar-refractivity contribution in [2.45, 2.75) is 24.8 Å². The van der Waals surface area contributed by atoms with Crippen molar-refractivity contribution in [1.82, 2.24) is 5.32 Å². The fourth-order valence-corrected chi connectivity index (χ4v) is 4.18. The van der Waals surface area contributed by atoms with Crippen LogP contribution in [0.1, 0.15) is 33.3 Å². The number of carbonyl (C=O) groups is 1. The van der Waals surface area contributed by atoms with Crippen molar-refractivity contribution in [2.24, 2.45) is 0 Å². The molecule has 1 amide bonds. The first-order chi connectivity index (χ1) is 13.8. The normalized spacial score (nSPS) is 12.4. The summed E-state index contributed by atoms with van der Waals surface area (Å²) in [6.07, 6.45) is 0.464. The van der Waals surface area contributed by atoms with Crippen LogP contribution in [-0.2, 0) is 10.0 Å². The summed E-state index contributed by atoms with van der Waals surface area (Å²) in [6.45, 7) is 3.51. The fourth-order valence-electron chi connectivity index (χ4n) is 2.80. The number of anilines is 1. The largest absolute Gasteiger partial charge is 0.467 e. The molecule has 7 nitrogen and oxygen atoms in total.